The van der Waals surface area contributed by atoms with Gasteiger partial charge in [0, 0.05) is 42.2 Å². The van der Waals surface area contributed by atoms with E-state index in [0.717, 1.165) is 37.9 Å². The molecule has 1 fully saturated rings. The summed E-state index contributed by atoms with van der Waals surface area (Å²) in [7, 11) is 1.89. The van der Waals surface area contributed by atoms with Crippen molar-refractivity contribution in [2.45, 2.75) is 17.7 Å². The summed E-state index contributed by atoms with van der Waals surface area (Å²) in [4.78, 5) is 9.67. The van der Waals surface area contributed by atoms with Crippen molar-refractivity contribution < 1.29 is 0 Å². The quantitative estimate of drug-likeness (QED) is 0.280. The second kappa shape index (κ2) is 11.1. The lowest BCUT2D eigenvalue weighted by Crippen LogP contribution is -2.40. The van der Waals surface area contributed by atoms with Crippen LogP contribution in [-0.2, 0) is 6.42 Å². The molecule has 0 aliphatic carbocycles. The van der Waals surface area contributed by atoms with E-state index in [1.54, 1.807) is 0 Å². The molecule has 2 aromatic rings. The van der Waals surface area contributed by atoms with Gasteiger partial charge < -0.3 is 10.2 Å². The monoisotopic (exact) mass is 487 g/mol. The Morgan fingerprint density at radius 3 is 2.84 bits per heavy atom. The maximum atomic E-state index is 4.47. The number of benzene rings is 1. The molecule has 1 aliphatic heterocycles. The van der Waals surface area contributed by atoms with Crippen molar-refractivity contribution in [3.63, 3.8) is 0 Å². The normalized spacial score (nSPS) is 17.4. The van der Waals surface area contributed by atoms with Crippen molar-refractivity contribution in [3.8, 4) is 0 Å². The average Bonchev–Trinajstić information content (AvgIpc) is 3.30. The largest absolute Gasteiger partial charge is 0.356 e. The number of rotatable bonds is 6. The fraction of sp³-hybridized carbons (Fsp3) is 0.421. The maximum absolute atomic E-state index is 4.47. The molecule has 0 saturated carbocycles. The van der Waals surface area contributed by atoms with Crippen LogP contribution in [0.2, 0.25) is 0 Å². The second-order valence-electron chi connectivity index (χ2n) is 6.03. The minimum absolute atomic E-state index is 0. The predicted octanol–water partition coefficient (Wildman–Crippen LogP) is 4.60. The van der Waals surface area contributed by atoms with Gasteiger partial charge in [-0.15, -0.1) is 47.1 Å². The zero-order valence-electron chi connectivity index (χ0n) is 14.6. The van der Waals surface area contributed by atoms with Gasteiger partial charge in [-0.1, -0.05) is 24.3 Å². The first-order chi connectivity index (χ1) is 11.8. The summed E-state index contributed by atoms with van der Waals surface area (Å²) >= 11 is 3.79. The number of thiophene rings is 1. The van der Waals surface area contributed by atoms with Crippen molar-refractivity contribution in [2.75, 3.05) is 32.4 Å². The van der Waals surface area contributed by atoms with E-state index in [9.17, 15) is 0 Å². The van der Waals surface area contributed by atoms with Gasteiger partial charge in [0.25, 0.3) is 0 Å². The summed E-state index contributed by atoms with van der Waals surface area (Å²) in [6.07, 6.45) is 2.32. The molecule has 1 aromatic heterocycles. The van der Waals surface area contributed by atoms with Gasteiger partial charge in [0.05, 0.1) is 0 Å². The molecule has 0 spiro atoms. The lowest BCUT2D eigenvalue weighted by atomic mass is 10.2. The molecule has 25 heavy (non-hydrogen) atoms. The van der Waals surface area contributed by atoms with Crippen LogP contribution in [0, 0.1) is 5.92 Å². The van der Waals surface area contributed by atoms with E-state index < -0.39 is 0 Å². The first-order valence-electron chi connectivity index (χ1n) is 8.51. The van der Waals surface area contributed by atoms with E-state index in [2.05, 4.69) is 63.1 Å². The number of hydrogen-bond acceptors (Lipinski definition) is 3. The first kappa shape index (κ1) is 20.6. The van der Waals surface area contributed by atoms with Crippen molar-refractivity contribution in [1.29, 1.82) is 0 Å². The van der Waals surface area contributed by atoms with Gasteiger partial charge in [0.1, 0.15) is 0 Å². The van der Waals surface area contributed by atoms with Crippen LogP contribution < -0.4 is 5.32 Å². The van der Waals surface area contributed by atoms with Crippen LogP contribution in [0.4, 0.5) is 0 Å². The van der Waals surface area contributed by atoms with E-state index in [1.165, 1.54) is 21.9 Å². The van der Waals surface area contributed by atoms with E-state index in [4.69, 9.17) is 0 Å². The molecule has 2 heterocycles. The predicted molar refractivity (Wildman–Crippen MR) is 122 cm³/mol. The number of nitrogens with zero attached hydrogens (tertiary/aromatic N) is 2. The van der Waals surface area contributed by atoms with Gasteiger partial charge in [-0.25, -0.2) is 0 Å². The summed E-state index contributed by atoms with van der Waals surface area (Å²) in [5, 5.41) is 5.66. The van der Waals surface area contributed by atoms with Crippen molar-refractivity contribution in [1.82, 2.24) is 10.2 Å². The van der Waals surface area contributed by atoms with E-state index in [1.807, 2.05) is 30.1 Å². The molecule has 0 amide bonds. The molecule has 6 heteroatoms. The van der Waals surface area contributed by atoms with Crippen molar-refractivity contribution >= 4 is 53.0 Å². The summed E-state index contributed by atoms with van der Waals surface area (Å²) in [5.74, 6) is 2.98. The van der Waals surface area contributed by atoms with Crippen LogP contribution >= 0.6 is 47.1 Å². The maximum Gasteiger partial charge on any atom is 0.193 e. The highest BCUT2D eigenvalue weighted by molar-refractivity contribution is 14.0. The summed E-state index contributed by atoms with van der Waals surface area (Å²) in [5.41, 5.74) is 0. The van der Waals surface area contributed by atoms with Gasteiger partial charge in [0.2, 0.25) is 0 Å². The molecule has 1 aromatic carbocycles. The molecule has 3 nitrogen and oxygen atoms in total. The number of aliphatic imine (C=N–C) groups is 1. The van der Waals surface area contributed by atoms with Gasteiger partial charge in [-0.3, -0.25) is 4.99 Å². The van der Waals surface area contributed by atoms with Gasteiger partial charge in [-0.2, -0.15) is 0 Å². The first-order valence-corrected chi connectivity index (χ1v) is 10.4. The fourth-order valence-electron chi connectivity index (χ4n) is 2.98. The van der Waals surface area contributed by atoms with Crippen LogP contribution in [0.25, 0.3) is 0 Å². The Morgan fingerprint density at radius 1 is 1.28 bits per heavy atom. The Balaban J connectivity index is 0.00000225. The number of nitrogens with one attached hydrogen (secondary N) is 1. The smallest absolute Gasteiger partial charge is 0.193 e. The Kier molecular flexibility index (Phi) is 9.12. The highest BCUT2D eigenvalue weighted by Crippen LogP contribution is 2.25. The number of thioether (sulfide) groups is 1. The molecule has 3 rings (SSSR count). The Hall–Kier alpha value is -0.730. The fourth-order valence-corrected chi connectivity index (χ4v) is 4.74. The zero-order valence-corrected chi connectivity index (χ0v) is 18.5. The molecule has 1 unspecified atom stereocenters. The number of hydrogen-bond donors (Lipinski definition) is 1. The standard InChI is InChI=1S/C19H25N3S2.HI/c1-20-19(21-11-9-18-8-5-13-23-18)22-12-10-16(14-22)15-24-17-6-3-2-4-7-17;/h2-8,13,16H,9-12,14-15H2,1H3,(H,20,21);1H. The summed E-state index contributed by atoms with van der Waals surface area (Å²) in [6.45, 7) is 3.17. The third-order valence-corrected chi connectivity index (χ3v) is 6.44. The molecular formula is C19H26IN3S2. The minimum atomic E-state index is 0. The molecule has 1 saturated heterocycles. The number of guanidine groups is 1. The third kappa shape index (κ3) is 6.49. The highest BCUT2D eigenvalue weighted by Gasteiger charge is 2.24. The SMILES string of the molecule is CN=C(NCCc1cccs1)N1CCC(CSc2ccccc2)C1.I. The van der Waals surface area contributed by atoms with Gasteiger partial charge >= 0.3 is 0 Å². The topological polar surface area (TPSA) is 27.6 Å². The third-order valence-electron chi connectivity index (χ3n) is 4.26. The van der Waals surface area contributed by atoms with Gasteiger partial charge in [0.15, 0.2) is 5.96 Å². The van der Waals surface area contributed by atoms with Crippen LogP contribution in [0.15, 0.2) is 57.7 Å². The molecule has 1 aliphatic rings. The second-order valence-corrected chi connectivity index (χ2v) is 8.15. The zero-order chi connectivity index (χ0) is 16.6. The average molecular weight is 487 g/mol. The number of likely N-dealkylation sites (tertiary alicyclic amines) is 1. The van der Waals surface area contributed by atoms with E-state index in [-0.39, 0.29) is 24.0 Å². The van der Waals surface area contributed by atoms with E-state index in [0.29, 0.717) is 0 Å². The lowest BCUT2D eigenvalue weighted by molar-refractivity contribution is 0.475. The van der Waals surface area contributed by atoms with Crippen LogP contribution in [0.3, 0.4) is 0 Å². The Bertz CT molecular complexity index is 631. The lowest BCUT2D eigenvalue weighted by Gasteiger charge is -2.21. The molecule has 136 valence electrons. The number of halogens is 1. The molecule has 0 bridgehead atoms. The highest BCUT2D eigenvalue weighted by atomic mass is 127. The van der Waals surface area contributed by atoms with Crippen LogP contribution in [-0.4, -0.2) is 43.3 Å². The molecular weight excluding hydrogens is 461 g/mol. The summed E-state index contributed by atoms with van der Waals surface area (Å²) < 4.78 is 0. The minimum Gasteiger partial charge on any atom is -0.356 e. The Morgan fingerprint density at radius 2 is 2.12 bits per heavy atom. The van der Waals surface area contributed by atoms with Crippen molar-refractivity contribution in [3.05, 3.63) is 52.7 Å². The van der Waals surface area contributed by atoms with Crippen LogP contribution in [0.5, 0.6) is 0 Å². The molecule has 1 atom stereocenters. The van der Waals surface area contributed by atoms with Gasteiger partial charge in [-0.05, 0) is 42.3 Å². The van der Waals surface area contributed by atoms with Crippen molar-refractivity contribution in [2.24, 2.45) is 10.9 Å². The van der Waals surface area contributed by atoms with E-state index >= 15 is 0 Å². The molecule has 0 radical (unpaired) electrons. The Labute approximate surface area is 176 Å². The summed E-state index contributed by atoms with van der Waals surface area (Å²) in [6, 6.07) is 15.0. The van der Waals surface area contributed by atoms with Crippen LogP contribution in [0.1, 0.15) is 11.3 Å². The molecule has 1 N–H and O–H groups in total.